The second-order valence-electron chi connectivity index (χ2n) is 2.16. The van der Waals surface area contributed by atoms with E-state index in [1.807, 2.05) is 0 Å². The van der Waals surface area contributed by atoms with Gasteiger partial charge in [0.15, 0.2) is 0 Å². The predicted molar refractivity (Wildman–Crippen MR) is 36.5 cm³/mol. The van der Waals surface area contributed by atoms with E-state index in [4.69, 9.17) is 0 Å². The Morgan fingerprint density at radius 2 is 1.85 bits per heavy atom. The monoisotopic (exact) mass is 200 g/mol. The molecule has 0 spiro atoms. The van der Waals surface area contributed by atoms with Crippen LogP contribution in [-0.4, -0.2) is 18.8 Å². The Labute approximate surface area is 72.2 Å². The van der Waals surface area contributed by atoms with Crippen molar-refractivity contribution in [1.29, 1.82) is 0 Å². The van der Waals surface area contributed by atoms with Gasteiger partial charge in [-0.3, -0.25) is 0 Å². The Kier molecular flexibility index (Phi) is 3.90. The quantitative estimate of drug-likeness (QED) is 0.388. The molecule has 2 nitrogen and oxygen atoms in total. The Balaban J connectivity index is 4.72. The number of hydrogen-bond donors (Lipinski definition) is 0. The molecule has 0 fully saturated rings. The van der Waals surface area contributed by atoms with Crippen molar-refractivity contribution in [2.24, 2.45) is 0 Å². The minimum Gasteiger partial charge on any atom is -0.463 e. The Bertz CT molecular complexity index is 229. The van der Waals surface area contributed by atoms with Gasteiger partial charge in [-0.15, -0.1) is 0 Å². The van der Waals surface area contributed by atoms with Gasteiger partial charge in [-0.25, -0.2) is 9.18 Å². The third-order valence-corrected chi connectivity index (χ3v) is 1.16. The highest BCUT2D eigenvalue weighted by molar-refractivity contribution is 5.88. The molecule has 6 heteroatoms. The number of carbonyl (C=O) groups is 1. The molecule has 0 aliphatic rings. The number of alkyl halides is 3. The topological polar surface area (TPSA) is 26.3 Å². The molecule has 13 heavy (non-hydrogen) atoms. The molecule has 0 aromatic carbocycles. The maximum atomic E-state index is 12.3. The molecule has 0 atom stereocenters. The van der Waals surface area contributed by atoms with E-state index in [-0.39, 0.29) is 6.61 Å². The average Bonchev–Trinajstić information content (AvgIpc) is 2.00. The van der Waals surface area contributed by atoms with E-state index in [1.54, 1.807) is 0 Å². The lowest BCUT2D eigenvalue weighted by atomic mass is 10.2. The number of carbonyl (C=O) groups excluding carboxylic acids is 1. The van der Waals surface area contributed by atoms with Crippen molar-refractivity contribution in [2.45, 2.75) is 20.0 Å². The normalized spacial score (nSPS) is 13.7. The van der Waals surface area contributed by atoms with Gasteiger partial charge in [0.1, 0.15) is 0 Å². The zero-order valence-electron chi connectivity index (χ0n) is 7.04. The summed E-state index contributed by atoms with van der Waals surface area (Å²) < 4.78 is 51.5. The fourth-order valence-corrected chi connectivity index (χ4v) is 0.542. The van der Waals surface area contributed by atoms with Gasteiger partial charge in [-0.05, 0) is 13.8 Å². The Morgan fingerprint density at radius 1 is 1.38 bits per heavy atom. The molecular formula is C7H8F4O2. The minimum absolute atomic E-state index is 0.0959. The molecule has 0 saturated heterocycles. The molecule has 0 radical (unpaired) electrons. The molecule has 0 aromatic rings. The van der Waals surface area contributed by atoms with Crippen molar-refractivity contribution in [3.8, 4) is 0 Å². The molecule has 0 aliphatic carbocycles. The zero-order chi connectivity index (χ0) is 10.6. The van der Waals surface area contributed by atoms with Crippen LogP contribution in [0.5, 0.6) is 0 Å². The number of halogens is 4. The summed E-state index contributed by atoms with van der Waals surface area (Å²) in [7, 11) is 0. The summed E-state index contributed by atoms with van der Waals surface area (Å²) in [5.74, 6) is -3.71. The first-order valence-electron chi connectivity index (χ1n) is 3.41. The highest BCUT2D eigenvalue weighted by Crippen LogP contribution is 2.29. The predicted octanol–water partition coefficient (Wildman–Crippen LogP) is 2.36. The maximum Gasteiger partial charge on any atom is 0.443 e. The highest BCUT2D eigenvalue weighted by Gasteiger charge is 2.38. The summed E-state index contributed by atoms with van der Waals surface area (Å²) >= 11 is 0. The molecule has 0 heterocycles. The van der Waals surface area contributed by atoms with Gasteiger partial charge in [0.25, 0.3) is 0 Å². The summed E-state index contributed by atoms with van der Waals surface area (Å²) in [6.45, 7) is 2.04. The number of hydrogen-bond acceptors (Lipinski definition) is 2. The van der Waals surface area contributed by atoms with Crippen molar-refractivity contribution in [1.82, 2.24) is 0 Å². The SMILES string of the molecule is CCOC(=O)/C(C)=C(\F)C(F)(F)F. The van der Waals surface area contributed by atoms with E-state index in [0.717, 1.165) is 6.92 Å². The fourth-order valence-electron chi connectivity index (χ4n) is 0.542. The maximum absolute atomic E-state index is 12.3. The second kappa shape index (κ2) is 4.25. The molecule has 0 amide bonds. The van der Waals surface area contributed by atoms with Crippen molar-refractivity contribution in [3.63, 3.8) is 0 Å². The number of ether oxygens (including phenoxy) is 1. The lowest BCUT2D eigenvalue weighted by Gasteiger charge is -2.06. The van der Waals surface area contributed by atoms with E-state index in [9.17, 15) is 22.4 Å². The first-order chi connectivity index (χ1) is 5.80. The lowest BCUT2D eigenvalue weighted by molar-refractivity contribution is -0.141. The molecule has 0 bridgehead atoms. The Hall–Kier alpha value is -1.07. The third kappa shape index (κ3) is 3.43. The highest BCUT2D eigenvalue weighted by atomic mass is 19.4. The minimum atomic E-state index is -5.13. The molecule has 0 aromatic heterocycles. The summed E-state index contributed by atoms with van der Waals surface area (Å²) in [5.41, 5.74) is -1.06. The van der Waals surface area contributed by atoms with Crippen molar-refractivity contribution in [3.05, 3.63) is 11.4 Å². The van der Waals surface area contributed by atoms with E-state index < -0.39 is 23.5 Å². The van der Waals surface area contributed by atoms with Crippen molar-refractivity contribution < 1.29 is 27.1 Å². The van der Waals surface area contributed by atoms with Gasteiger partial charge in [-0.1, -0.05) is 0 Å². The van der Waals surface area contributed by atoms with Gasteiger partial charge in [0.2, 0.25) is 5.83 Å². The average molecular weight is 200 g/mol. The Morgan fingerprint density at radius 3 is 2.15 bits per heavy atom. The molecular weight excluding hydrogens is 192 g/mol. The molecule has 0 unspecified atom stereocenters. The first-order valence-corrected chi connectivity index (χ1v) is 3.41. The van der Waals surface area contributed by atoms with Crippen LogP contribution in [0.1, 0.15) is 13.8 Å². The zero-order valence-corrected chi connectivity index (χ0v) is 7.04. The number of allylic oxidation sites excluding steroid dienone is 1. The molecule has 0 saturated carbocycles. The molecule has 0 N–H and O–H groups in total. The van der Waals surface area contributed by atoms with Crippen LogP contribution in [-0.2, 0) is 9.53 Å². The first kappa shape index (κ1) is 11.9. The second-order valence-corrected chi connectivity index (χ2v) is 2.16. The van der Waals surface area contributed by atoms with Crippen LogP contribution in [0.4, 0.5) is 17.6 Å². The van der Waals surface area contributed by atoms with Gasteiger partial charge in [-0.2, -0.15) is 13.2 Å². The molecule has 0 aliphatic heterocycles. The molecule has 76 valence electrons. The fraction of sp³-hybridized carbons (Fsp3) is 0.571. The van der Waals surface area contributed by atoms with Gasteiger partial charge >= 0.3 is 12.1 Å². The lowest BCUT2D eigenvalue weighted by Crippen LogP contribution is -2.15. The van der Waals surface area contributed by atoms with Crippen LogP contribution in [0.2, 0.25) is 0 Å². The van der Waals surface area contributed by atoms with E-state index >= 15 is 0 Å². The number of esters is 1. The van der Waals surface area contributed by atoms with Crippen LogP contribution in [0, 0.1) is 0 Å². The van der Waals surface area contributed by atoms with Gasteiger partial charge in [0.05, 0.1) is 12.2 Å². The van der Waals surface area contributed by atoms with Gasteiger partial charge in [0, 0.05) is 0 Å². The van der Waals surface area contributed by atoms with Gasteiger partial charge < -0.3 is 4.74 Å². The largest absolute Gasteiger partial charge is 0.463 e. The van der Waals surface area contributed by atoms with Crippen molar-refractivity contribution >= 4 is 5.97 Å². The van der Waals surface area contributed by atoms with Crippen molar-refractivity contribution in [2.75, 3.05) is 6.61 Å². The van der Waals surface area contributed by atoms with E-state index in [1.165, 1.54) is 6.92 Å². The molecule has 0 rings (SSSR count). The standard InChI is InChI=1S/C7H8F4O2/c1-3-13-6(12)4(2)5(8)7(9,10)11/h3H2,1-2H3/b5-4-. The smallest absolute Gasteiger partial charge is 0.443 e. The van der Waals surface area contributed by atoms with Crippen LogP contribution in [0.15, 0.2) is 11.4 Å². The summed E-state index contributed by atoms with van der Waals surface area (Å²) in [6.07, 6.45) is -5.13. The number of rotatable bonds is 2. The van der Waals surface area contributed by atoms with Crippen LogP contribution >= 0.6 is 0 Å². The third-order valence-electron chi connectivity index (χ3n) is 1.16. The summed E-state index contributed by atoms with van der Waals surface area (Å²) in [5, 5.41) is 0. The van der Waals surface area contributed by atoms with E-state index in [0.29, 0.717) is 0 Å². The van der Waals surface area contributed by atoms with E-state index in [2.05, 4.69) is 4.74 Å². The van der Waals surface area contributed by atoms with Crippen LogP contribution < -0.4 is 0 Å². The van der Waals surface area contributed by atoms with Crippen LogP contribution in [0.25, 0.3) is 0 Å². The summed E-state index contributed by atoms with van der Waals surface area (Å²) in [6, 6.07) is 0. The summed E-state index contributed by atoms with van der Waals surface area (Å²) in [4.78, 5) is 10.6. The van der Waals surface area contributed by atoms with Crippen LogP contribution in [0.3, 0.4) is 0 Å².